The Balaban J connectivity index is 0.00000144. The third kappa shape index (κ3) is 2.85. The summed E-state index contributed by atoms with van der Waals surface area (Å²) in [6.07, 6.45) is 1.58. The predicted octanol–water partition coefficient (Wildman–Crippen LogP) is -1.59. The second-order valence-corrected chi connectivity index (χ2v) is 4.91. The van der Waals surface area contributed by atoms with E-state index in [1.807, 2.05) is 4.90 Å². The Morgan fingerprint density at radius 2 is 2.24 bits per heavy atom. The van der Waals surface area contributed by atoms with E-state index < -0.39 is 12.1 Å². The molecule has 1 saturated heterocycles. The molecule has 1 fully saturated rings. The molecule has 0 unspecified atom stereocenters. The maximum Gasteiger partial charge on any atom is 1.00 e. The predicted molar refractivity (Wildman–Crippen MR) is 62.6 cm³/mol. The van der Waals surface area contributed by atoms with Crippen molar-refractivity contribution >= 4 is 30.0 Å². The fourth-order valence-corrected chi connectivity index (χ4v) is 2.16. The molecule has 2 rings (SSSR count). The topological polar surface area (TPSA) is 36.4 Å². The molecule has 2 heterocycles. The molecule has 0 aromatic carbocycles. The molecule has 3 nitrogen and oxygen atoms in total. The number of anilines is 1. The van der Waals surface area contributed by atoms with Crippen molar-refractivity contribution in [2.45, 2.75) is 4.90 Å². The van der Waals surface area contributed by atoms with Crippen molar-refractivity contribution in [3.8, 4) is 0 Å². The smallest absolute Gasteiger partial charge is 0.778 e. The number of aromatic nitrogens is 1. The van der Waals surface area contributed by atoms with E-state index >= 15 is 0 Å². The normalized spacial score (nSPS) is 17.2. The first-order chi connectivity index (χ1) is 7.62. The number of hydrogen-bond acceptors (Lipinski definition) is 4. The second-order valence-electron chi connectivity index (χ2n) is 4.09. The Morgan fingerprint density at radius 3 is 2.76 bits per heavy atom. The van der Waals surface area contributed by atoms with E-state index in [1.54, 1.807) is 12.3 Å². The molecule has 0 radical (unpaired) electrons. The van der Waals surface area contributed by atoms with Gasteiger partial charge in [-0.05, 0) is 0 Å². The molecule has 1 aliphatic rings. The van der Waals surface area contributed by atoms with Gasteiger partial charge in [-0.1, -0.05) is 17.7 Å². The first-order valence-electron chi connectivity index (χ1n) is 4.85. The van der Waals surface area contributed by atoms with Crippen molar-refractivity contribution in [3.05, 3.63) is 17.3 Å². The van der Waals surface area contributed by atoms with Crippen LogP contribution in [0.4, 0.5) is 10.2 Å². The first kappa shape index (κ1) is 15.4. The van der Waals surface area contributed by atoms with E-state index in [-0.39, 0.29) is 36.2 Å². The third-order valence-electron chi connectivity index (χ3n) is 2.81. The second kappa shape index (κ2) is 5.99. The average Bonchev–Trinajstić information content (AvgIpc) is 2.24. The van der Waals surface area contributed by atoms with E-state index in [1.165, 1.54) is 0 Å². The summed E-state index contributed by atoms with van der Waals surface area (Å²) in [7, 11) is 0. The van der Waals surface area contributed by atoms with Crippen LogP contribution in [0, 0.1) is 5.41 Å². The van der Waals surface area contributed by atoms with Gasteiger partial charge >= 0.3 is 29.6 Å². The van der Waals surface area contributed by atoms with Crippen LogP contribution in [-0.2, 0) is 12.6 Å². The molecule has 88 valence electrons. The summed E-state index contributed by atoms with van der Waals surface area (Å²) in [4.78, 5) is 6.48. The van der Waals surface area contributed by atoms with Crippen LogP contribution in [0.2, 0.25) is 5.02 Å². The summed E-state index contributed by atoms with van der Waals surface area (Å²) in [5.41, 5.74) is -0.650. The SMILES string of the molecule is OCC1(CF)CN(c2nccc([S-])c2Cl)C1.[Na+]. The molecule has 1 N–H and O–H groups in total. The number of rotatable bonds is 3. The van der Waals surface area contributed by atoms with Crippen LogP contribution < -0.4 is 34.5 Å². The molecule has 0 aliphatic carbocycles. The zero-order chi connectivity index (χ0) is 11.8. The van der Waals surface area contributed by atoms with Crippen molar-refractivity contribution in [1.82, 2.24) is 4.98 Å². The average molecular weight is 285 g/mol. The minimum atomic E-state index is -0.650. The molecule has 0 saturated carbocycles. The van der Waals surface area contributed by atoms with Crippen molar-refractivity contribution in [1.29, 1.82) is 0 Å². The number of alkyl halides is 1. The molecule has 17 heavy (non-hydrogen) atoms. The molecule has 1 aliphatic heterocycles. The van der Waals surface area contributed by atoms with Crippen LogP contribution in [0.1, 0.15) is 0 Å². The zero-order valence-electron chi connectivity index (χ0n) is 9.49. The van der Waals surface area contributed by atoms with Gasteiger partial charge in [0.15, 0.2) is 0 Å². The van der Waals surface area contributed by atoms with Crippen LogP contribution in [0.25, 0.3) is 0 Å². The standard InChI is InChI=1S/C10H12ClFN2OS.Na/c11-8-7(16)1-2-13-9(8)14-4-10(3-12,5-14)6-15;/h1-2,15H,3-6H2,(H,13,16);/q;+1/p-1. The third-order valence-corrected chi connectivity index (χ3v) is 3.63. The molecular weight excluding hydrogens is 274 g/mol. The van der Waals surface area contributed by atoms with Gasteiger partial charge in [0.25, 0.3) is 0 Å². The Hall–Kier alpha value is 0.350. The van der Waals surface area contributed by atoms with Gasteiger partial charge in [-0.15, -0.1) is 0 Å². The Kier molecular flexibility index (Phi) is 5.43. The van der Waals surface area contributed by atoms with Crippen molar-refractivity contribution in [3.63, 3.8) is 0 Å². The summed E-state index contributed by atoms with van der Waals surface area (Å²) in [5.74, 6) is 0.576. The number of aliphatic hydroxyl groups excluding tert-OH is 1. The van der Waals surface area contributed by atoms with Gasteiger partial charge < -0.3 is 22.6 Å². The largest absolute Gasteiger partial charge is 1.00 e. The Labute approximate surface area is 132 Å². The van der Waals surface area contributed by atoms with E-state index in [0.29, 0.717) is 28.8 Å². The van der Waals surface area contributed by atoms with E-state index in [2.05, 4.69) is 4.98 Å². The molecule has 0 atom stereocenters. The van der Waals surface area contributed by atoms with Gasteiger partial charge in [-0.3, -0.25) is 4.39 Å². The van der Waals surface area contributed by atoms with Crippen LogP contribution in [-0.4, -0.2) is 36.5 Å². The molecule has 0 spiro atoms. The molecule has 1 aromatic heterocycles. The summed E-state index contributed by atoms with van der Waals surface area (Å²) in [5, 5.41) is 9.50. The molecule has 7 heteroatoms. The van der Waals surface area contributed by atoms with Crippen molar-refractivity contribution < 1.29 is 39.1 Å². The van der Waals surface area contributed by atoms with Crippen molar-refractivity contribution in [2.75, 3.05) is 31.3 Å². The quantitative estimate of drug-likeness (QED) is 0.537. The van der Waals surface area contributed by atoms with E-state index in [0.717, 1.165) is 0 Å². The molecular formula is C10H11ClFN2NaOS. The van der Waals surface area contributed by atoms with Crippen LogP contribution in [0.5, 0.6) is 0 Å². The monoisotopic (exact) mass is 284 g/mol. The van der Waals surface area contributed by atoms with Crippen LogP contribution in [0.15, 0.2) is 17.2 Å². The van der Waals surface area contributed by atoms with Crippen LogP contribution >= 0.6 is 11.6 Å². The van der Waals surface area contributed by atoms with Gasteiger partial charge in [-0.25, -0.2) is 4.98 Å². The fraction of sp³-hybridized carbons (Fsp3) is 0.500. The number of nitrogens with zero attached hydrogens (tertiary/aromatic N) is 2. The minimum absolute atomic E-state index is 0. The van der Waals surface area contributed by atoms with Gasteiger partial charge in [0.05, 0.1) is 17.0 Å². The molecule has 0 amide bonds. The summed E-state index contributed by atoms with van der Waals surface area (Å²) >= 11 is 11.0. The van der Waals surface area contributed by atoms with Gasteiger partial charge in [0.1, 0.15) is 12.5 Å². The van der Waals surface area contributed by atoms with Gasteiger partial charge in [0, 0.05) is 19.3 Å². The number of pyridine rings is 1. The summed E-state index contributed by atoms with van der Waals surface area (Å²) < 4.78 is 12.7. The molecule has 0 bridgehead atoms. The van der Waals surface area contributed by atoms with Crippen molar-refractivity contribution in [2.24, 2.45) is 5.41 Å². The van der Waals surface area contributed by atoms with Gasteiger partial charge in [0.2, 0.25) is 0 Å². The zero-order valence-corrected chi connectivity index (χ0v) is 13.1. The minimum Gasteiger partial charge on any atom is -0.778 e. The van der Waals surface area contributed by atoms with E-state index in [4.69, 9.17) is 29.3 Å². The molecule has 1 aromatic rings. The maximum absolute atomic E-state index is 12.7. The Morgan fingerprint density at radius 1 is 1.59 bits per heavy atom. The number of aliphatic hydroxyl groups is 1. The first-order valence-corrected chi connectivity index (χ1v) is 5.64. The van der Waals surface area contributed by atoms with Gasteiger partial charge in [-0.2, -0.15) is 4.90 Å². The fourth-order valence-electron chi connectivity index (χ4n) is 1.78. The summed E-state index contributed by atoms with van der Waals surface area (Å²) in [6, 6.07) is 1.65. The maximum atomic E-state index is 12.7. The van der Waals surface area contributed by atoms with E-state index in [9.17, 15) is 4.39 Å². The van der Waals surface area contributed by atoms with Crippen LogP contribution in [0.3, 0.4) is 0 Å². The number of hydrogen-bond donors (Lipinski definition) is 1. The summed E-state index contributed by atoms with van der Waals surface area (Å²) in [6.45, 7) is 0.146. The Bertz CT molecular complexity index is 398. The number of halogens is 2.